The van der Waals surface area contributed by atoms with Gasteiger partial charge >= 0.3 is 0 Å². The topological polar surface area (TPSA) is 113 Å². The van der Waals surface area contributed by atoms with Gasteiger partial charge in [0.05, 0.1) is 4.92 Å². The minimum Gasteiger partial charge on any atom is -0.298 e. The molecule has 0 bridgehead atoms. The van der Waals surface area contributed by atoms with Crippen LogP contribution in [0.3, 0.4) is 0 Å². The van der Waals surface area contributed by atoms with E-state index in [1.807, 2.05) is 6.92 Å². The molecule has 0 saturated heterocycles. The van der Waals surface area contributed by atoms with E-state index >= 15 is 0 Å². The fourth-order valence-corrected chi connectivity index (χ4v) is 2.63. The van der Waals surface area contributed by atoms with E-state index in [0.29, 0.717) is 5.56 Å². The zero-order chi connectivity index (χ0) is 20.1. The average molecular weight is 472 g/mol. The number of nitro benzene ring substituents is 1. The predicted molar refractivity (Wildman–Crippen MR) is 108 cm³/mol. The van der Waals surface area contributed by atoms with E-state index in [9.17, 15) is 19.7 Å². The molecule has 11 heteroatoms. The molecule has 140 valence electrons. The summed E-state index contributed by atoms with van der Waals surface area (Å²) < 4.78 is 0.770. The van der Waals surface area contributed by atoms with Crippen LogP contribution in [0.1, 0.15) is 26.3 Å². The normalized spacial score (nSPS) is 10.0. The van der Waals surface area contributed by atoms with Gasteiger partial charge in [-0.2, -0.15) is 0 Å². The third kappa shape index (κ3) is 5.46. The number of carbonyl (C=O) groups is 2. The Morgan fingerprint density at radius 1 is 1.11 bits per heavy atom. The molecule has 0 atom stereocenters. The van der Waals surface area contributed by atoms with Crippen molar-refractivity contribution in [1.29, 1.82) is 0 Å². The van der Waals surface area contributed by atoms with Gasteiger partial charge in [-0.05, 0) is 49.0 Å². The fourth-order valence-electron chi connectivity index (χ4n) is 1.92. The lowest BCUT2D eigenvalue weighted by Crippen LogP contribution is -2.48. The lowest BCUT2D eigenvalue weighted by molar-refractivity contribution is -0.384. The molecule has 0 fully saturated rings. The van der Waals surface area contributed by atoms with Crippen molar-refractivity contribution < 1.29 is 14.5 Å². The second-order valence-electron chi connectivity index (χ2n) is 5.25. The summed E-state index contributed by atoms with van der Waals surface area (Å²) in [6.07, 6.45) is 0. The van der Waals surface area contributed by atoms with Gasteiger partial charge < -0.3 is 0 Å². The first kappa shape index (κ1) is 20.7. The van der Waals surface area contributed by atoms with E-state index in [1.54, 1.807) is 18.2 Å². The summed E-state index contributed by atoms with van der Waals surface area (Å²) in [5, 5.41) is 13.0. The Morgan fingerprint density at radius 3 is 2.37 bits per heavy atom. The molecule has 27 heavy (non-hydrogen) atoms. The zero-order valence-corrected chi connectivity index (χ0v) is 16.9. The van der Waals surface area contributed by atoms with Gasteiger partial charge in [0.2, 0.25) is 0 Å². The molecule has 0 aliphatic carbocycles. The SMILES string of the molecule is Cc1ccc(C(=O)NC(=S)NNC(=O)c2ccc(Cl)c([N+](=O)[O-])c2)cc1Br. The standard InChI is InChI=1S/C16H12BrClN4O4S/c1-8-2-3-9(6-11(8)17)14(23)19-16(27)21-20-15(24)10-4-5-12(18)13(7-10)22(25)26/h2-7H,1H3,(H,20,24)(H2,19,21,23,27). The van der Waals surface area contributed by atoms with Crippen LogP contribution >= 0.6 is 39.7 Å². The van der Waals surface area contributed by atoms with E-state index in [4.69, 9.17) is 23.8 Å². The fraction of sp³-hybridized carbons (Fsp3) is 0.0625. The molecule has 8 nitrogen and oxygen atoms in total. The second kappa shape index (κ2) is 8.89. The second-order valence-corrected chi connectivity index (χ2v) is 6.92. The van der Waals surface area contributed by atoms with Gasteiger partial charge in [0.1, 0.15) is 5.02 Å². The largest absolute Gasteiger partial charge is 0.298 e. The number of rotatable bonds is 3. The first-order valence-corrected chi connectivity index (χ1v) is 8.88. The molecule has 2 aromatic rings. The summed E-state index contributed by atoms with van der Waals surface area (Å²) in [6.45, 7) is 1.88. The zero-order valence-electron chi connectivity index (χ0n) is 13.7. The van der Waals surface area contributed by atoms with Crippen LogP contribution in [0.5, 0.6) is 0 Å². The summed E-state index contributed by atoms with van der Waals surface area (Å²) in [4.78, 5) is 34.4. The summed E-state index contributed by atoms with van der Waals surface area (Å²) in [5.74, 6) is -1.16. The van der Waals surface area contributed by atoms with Crippen molar-refractivity contribution in [1.82, 2.24) is 16.2 Å². The number of halogens is 2. The number of benzene rings is 2. The Balaban J connectivity index is 1.96. The molecule has 0 unspecified atom stereocenters. The third-order valence-electron chi connectivity index (χ3n) is 3.36. The Bertz CT molecular complexity index is 954. The number of amides is 2. The van der Waals surface area contributed by atoms with Gasteiger partial charge in [-0.15, -0.1) is 0 Å². The van der Waals surface area contributed by atoms with Crippen molar-refractivity contribution in [2.24, 2.45) is 0 Å². The van der Waals surface area contributed by atoms with Crippen LogP contribution in [-0.4, -0.2) is 21.9 Å². The van der Waals surface area contributed by atoms with Gasteiger partial charge in [0, 0.05) is 21.7 Å². The molecule has 0 heterocycles. The molecule has 0 aliphatic rings. The summed E-state index contributed by atoms with van der Waals surface area (Å²) in [6, 6.07) is 8.62. The number of thiocarbonyl (C=S) groups is 1. The maximum Gasteiger partial charge on any atom is 0.288 e. The molecule has 0 saturated carbocycles. The van der Waals surface area contributed by atoms with Crippen molar-refractivity contribution in [3.05, 3.63) is 72.7 Å². The number of aryl methyl sites for hydroxylation is 1. The molecule has 0 aliphatic heterocycles. The van der Waals surface area contributed by atoms with Crippen molar-refractivity contribution >= 4 is 62.4 Å². The minimum absolute atomic E-state index is 0.00445. The van der Waals surface area contributed by atoms with Crippen molar-refractivity contribution in [2.45, 2.75) is 6.92 Å². The first-order chi connectivity index (χ1) is 12.7. The van der Waals surface area contributed by atoms with E-state index in [1.165, 1.54) is 12.1 Å². The molecular weight excluding hydrogens is 460 g/mol. The van der Waals surface area contributed by atoms with Gasteiger partial charge in [-0.3, -0.25) is 35.9 Å². The Hall–Kier alpha value is -2.56. The number of nitro groups is 1. The number of nitrogens with zero attached hydrogens (tertiary/aromatic N) is 1. The van der Waals surface area contributed by atoms with Gasteiger partial charge in [0.25, 0.3) is 17.5 Å². The maximum atomic E-state index is 12.1. The Labute approximate surface area is 172 Å². The molecule has 3 N–H and O–H groups in total. The summed E-state index contributed by atoms with van der Waals surface area (Å²) in [7, 11) is 0. The highest BCUT2D eigenvalue weighted by molar-refractivity contribution is 9.10. The lowest BCUT2D eigenvalue weighted by Gasteiger charge is -2.11. The van der Waals surface area contributed by atoms with Crippen LogP contribution in [-0.2, 0) is 0 Å². The summed E-state index contributed by atoms with van der Waals surface area (Å²) >= 11 is 14.0. The highest BCUT2D eigenvalue weighted by Crippen LogP contribution is 2.24. The van der Waals surface area contributed by atoms with Crippen molar-refractivity contribution in [3.63, 3.8) is 0 Å². The number of nitrogens with one attached hydrogen (secondary N) is 3. The van der Waals surface area contributed by atoms with E-state index < -0.39 is 22.4 Å². The molecular formula is C16H12BrClN4O4S. The quantitative estimate of drug-likeness (QED) is 0.360. The maximum absolute atomic E-state index is 12.1. The number of carbonyl (C=O) groups excluding carboxylic acids is 2. The molecule has 2 rings (SSSR count). The summed E-state index contributed by atoms with van der Waals surface area (Å²) in [5.41, 5.74) is 5.54. The van der Waals surface area contributed by atoms with Crippen LogP contribution in [0.15, 0.2) is 40.9 Å². The number of hydrogen-bond acceptors (Lipinski definition) is 5. The van der Waals surface area contributed by atoms with E-state index in [-0.39, 0.29) is 15.7 Å². The van der Waals surface area contributed by atoms with Crippen LogP contribution in [0.4, 0.5) is 5.69 Å². The number of hydrazine groups is 1. The van der Waals surface area contributed by atoms with Gasteiger partial charge in [0.15, 0.2) is 5.11 Å². The van der Waals surface area contributed by atoms with Crippen LogP contribution < -0.4 is 16.2 Å². The van der Waals surface area contributed by atoms with Crippen molar-refractivity contribution in [2.75, 3.05) is 0 Å². The Kier molecular flexibility index (Phi) is 6.83. The minimum atomic E-state index is -0.697. The molecule has 2 aromatic carbocycles. The Morgan fingerprint density at radius 2 is 1.74 bits per heavy atom. The highest BCUT2D eigenvalue weighted by Gasteiger charge is 2.16. The number of hydrogen-bond donors (Lipinski definition) is 3. The molecule has 2 amide bonds. The van der Waals surface area contributed by atoms with E-state index in [2.05, 4.69) is 32.1 Å². The lowest BCUT2D eigenvalue weighted by atomic mass is 10.1. The average Bonchev–Trinajstić information content (AvgIpc) is 2.62. The van der Waals surface area contributed by atoms with Crippen LogP contribution in [0, 0.1) is 17.0 Å². The predicted octanol–water partition coefficient (Wildman–Crippen LogP) is 3.27. The smallest absolute Gasteiger partial charge is 0.288 e. The molecule has 0 spiro atoms. The highest BCUT2D eigenvalue weighted by atomic mass is 79.9. The van der Waals surface area contributed by atoms with Crippen LogP contribution in [0.2, 0.25) is 5.02 Å². The first-order valence-electron chi connectivity index (χ1n) is 7.31. The van der Waals surface area contributed by atoms with E-state index in [0.717, 1.165) is 16.1 Å². The molecule has 0 aromatic heterocycles. The van der Waals surface area contributed by atoms with Gasteiger partial charge in [-0.1, -0.05) is 33.6 Å². The van der Waals surface area contributed by atoms with Crippen molar-refractivity contribution in [3.8, 4) is 0 Å². The molecule has 0 radical (unpaired) electrons. The van der Waals surface area contributed by atoms with Gasteiger partial charge in [-0.25, -0.2) is 0 Å². The third-order valence-corrected chi connectivity index (χ3v) is 4.73. The van der Waals surface area contributed by atoms with Crippen LogP contribution in [0.25, 0.3) is 0 Å². The monoisotopic (exact) mass is 470 g/mol.